The zero-order valence-corrected chi connectivity index (χ0v) is 7.56. The average Bonchev–Trinajstić information content (AvgIpc) is 2.56. The van der Waals surface area contributed by atoms with Crippen LogP contribution in [0, 0.1) is 6.92 Å². The van der Waals surface area contributed by atoms with Crippen molar-refractivity contribution in [3.8, 4) is 17.2 Å². The summed E-state index contributed by atoms with van der Waals surface area (Å²) in [5.74, 6) is 0.789. The van der Waals surface area contributed by atoms with Crippen molar-refractivity contribution in [1.82, 2.24) is 10.2 Å². The maximum absolute atomic E-state index is 9.51. The molecule has 5 nitrogen and oxygen atoms in total. The van der Waals surface area contributed by atoms with Crippen LogP contribution in [0.4, 0.5) is 5.69 Å². The molecule has 0 spiro atoms. The summed E-state index contributed by atoms with van der Waals surface area (Å²) in [6.45, 7) is 1.68. The maximum atomic E-state index is 9.51. The molecule has 0 atom stereocenters. The highest BCUT2D eigenvalue weighted by atomic mass is 16.4. The topological polar surface area (TPSA) is 85.2 Å². The second kappa shape index (κ2) is 3.02. The fraction of sp³-hybridized carbons (Fsp3) is 0.111. The highest BCUT2D eigenvalue weighted by Crippen LogP contribution is 2.29. The molecule has 0 bridgehead atoms. The monoisotopic (exact) mass is 191 g/mol. The van der Waals surface area contributed by atoms with Crippen molar-refractivity contribution >= 4 is 5.69 Å². The normalized spacial score (nSPS) is 10.4. The molecule has 1 heterocycles. The van der Waals surface area contributed by atoms with Gasteiger partial charge in [0.05, 0.1) is 5.56 Å². The standard InChI is InChI=1S/C9H9N3O2/c1-5-11-12-9(14-5)7-4-6(10)2-3-8(7)13/h2-4,13H,10H2,1H3. The average molecular weight is 191 g/mol. The van der Waals surface area contributed by atoms with Gasteiger partial charge in [0.1, 0.15) is 5.75 Å². The predicted molar refractivity (Wildman–Crippen MR) is 50.5 cm³/mol. The van der Waals surface area contributed by atoms with Gasteiger partial charge in [0, 0.05) is 12.6 Å². The van der Waals surface area contributed by atoms with Gasteiger partial charge in [-0.15, -0.1) is 10.2 Å². The molecule has 0 saturated heterocycles. The van der Waals surface area contributed by atoms with Crippen LogP contribution in [0.1, 0.15) is 5.89 Å². The van der Waals surface area contributed by atoms with E-state index in [9.17, 15) is 5.11 Å². The minimum Gasteiger partial charge on any atom is -0.507 e. The van der Waals surface area contributed by atoms with Crippen LogP contribution < -0.4 is 5.73 Å². The first kappa shape index (κ1) is 8.55. The van der Waals surface area contributed by atoms with Gasteiger partial charge in [-0.25, -0.2) is 0 Å². The van der Waals surface area contributed by atoms with Gasteiger partial charge in [0.2, 0.25) is 5.89 Å². The van der Waals surface area contributed by atoms with Gasteiger partial charge in [0.25, 0.3) is 5.89 Å². The molecule has 1 aromatic heterocycles. The van der Waals surface area contributed by atoms with Crippen molar-refractivity contribution < 1.29 is 9.52 Å². The molecular weight excluding hydrogens is 182 g/mol. The molecule has 0 aliphatic carbocycles. The van der Waals surface area contributed by atoms with Gasteiger partial charge in [0.15, 0.2) is 0 Å². The molecule has 0 saturated carbocycles. The Morgan fingerprint density at radius 3 is 2.79 bits per heavy atom. The van der Waals surface area contributed by atoms with E-state index in [1.54, 1.807) is 19.1 Å². The summed E-state index contributed by atoms with van der Waals surface area (Å²) in [5.41, 5.74) is 6.56. The number of rotatable bonds is 1. The van der Waals surface area contributed by atoms with Crippen LogP contribution in [-0.2, 0) is 0 Å². The van der Waals surface area contributed by atoms with E-state index in [1.165, 1.54) is 6.07 Å². The first-order chi connectivity index (χ1) is 6.66. The van der Waals surface area contributed by atoms with Crippen molar-refractivity contribution in [3.05, 3.63) is 24.1 Å². The molecule has 0 fully saturated rings. The first-order valence-corrected chi connectivity index (χ1v) is 4.06. The van der Waals surface area contributed by atoms with Gasteiger partial charge >= 0.3 is 0 Å². The molecule has 0 aliphatic rings. The SMILES string of the molecule is Cc1nnc(-c2cc(N)ccc2O)o1. The molecule has 14 heavy (non-hydrogen) atoms. The maximum Gasteiger partial charge on any atom is 0.251 e. The summed E-state index contributed by atoms with van der Waals surface area (Å²) >= 11 is 0. The number of nitrogens with zero attached hydrogens (tertiary/aromatic N) is 2. The summed E-state index contributed by atoms with van der Waals surface area (Å²) in [4.78, 5) is 0. The van der Waals surface area contributed by atoms with E-state index in [4.69, 9.17) is 10.2 Å². The molecule has 2 rings (SSSR count). The van der Waals surface area contributed by atoms with Crippen molar-refractivity contribution in [2.24, 2.45) is 0 Å². The minimum absolute atomic E-state index is 0.0721. The fourth-order valence-electron chi connectivity index (χ4n) is 1.13. The number of nitrogen functional groups attached to an aromatic ring is 1. The number of phenols is 1. The highest BCUT2D eigenvalue weighted by Gasteiger charge is 2.10. The van der Waals surface area contributed by atoms with Crippen LogP contribution >= 0.6 is 0 Å². The van der Waals surface area contributed by atoms with Gasteiger partial charge in [-0.1, -0.05) is 0 Å². The van der Waals surface area contributed by atoms with E-state index >= 15 is 0 Å². The zero-order valence-electron chi connectivity index (χ0n) is 7.56. The van der Waals surface area contributed by atoms with Gasteiger partial charge in [-0.2, -0.15) is 0 Å². The number of hydrogen-bond acceptors (Lipinski definition) is 5. The van der Waals surface area contributed by atoms with Crippen molar-refractivity contribution in [1.29, 1.82) is 0 Å². The van der Waals surface area contributed by atoms with E-state index in [-0.39, 0.29) is 11.6 Å². The Labute approximate surface area is 80.2 Å². The molecule has 1 aromatic carbocycles. The molecule has 72 valence electrons. The summed E-state index contributed by atoms with van der Waals surface area (Å²) in [6, 6.07) is 4.68. The number of hydrogen-bond donors (Lipinski definition) is 2. The Balaban J connectivity index is 2.55. The van der Waals surface area contributed by atoms with Crippen molar-refractivity contribution in [3.63, 3.8) is 0 Å². The summed E-state index contributed by atoms with van der Waals surface area (Å²) in [7, 11) is 0. The third kappa shape index (κ3) is 1.39. The van der Waals surface area contributed by atoms with E-state index in [1.807, 2.05) is 0 Å². The van der Waals surface area contributed by atoms with E-state index < -0.39 is 0 Å². The van der Waals surface area contributed by atoms with E-state index in [2.05, 4.69) is 10.2 Å². The second-order valence-electron chi connectivity index (χ2n) is 2.90. The second-order valence-corrected chi connectivity index (χ2v) is 2.90. The first-order valence-electron chi connectivity index (χ1n) is 4.06. The molecule has 2 aromatic rings. The molecule has 0 radical (unpaired) electrons. The Morgan fingerprint density at radius 2 is 2.14 bits per heavy atom. The largest absolute Gasteiger partial charge is 0.507 e. The lowest BCUT2D eigenvalue weighted by Crippen LogP contribution is -1.86. The minimum atomic E-state index is 0.0721. The number of phenolic OH excluding ortho intramolecular Hbond substituents is 1. The van der Waals surface area contributed by atoms with Crippen LogP contribution in [0.5, 0.6) is 5.75 Å². The van der Waals surface area contributed by atoms with Crippen molar-refractivity contribution in [2.75, 3.05) is 5.73 Å². The van der Waals surface area contributed by atoms with Crippen LogP contribution in [-0.4, -0.2) is 15.3 Å². The molecule has 0 amide bonds. The third-order valence-electron chi connectivity index (χ3n) is 1.78. The number of aromatic hydroxyl groups is 1. The van der Waals surface area contributed by atoms with Crippen LogP contribution in [0.3, 0.4) is 0 Å². The number of aromatic nitrogens is 2. The smallest absolute Gasteiger partial charge is 0.251 e. The fourth-order valence-corrected chi connectivity index (χ4v) is 1.13. The zero-order chi connectivity index (χ0) is 10.1. The number of aryl methyl sites for hydroxylation is 1. The summed E-state index contributed by atoms with van der Waals surface area (Å²) < 4.78 is 5.17. The van der Waals surface area contributed by atoms with Crippen LogP contribution in [0.2, 0.25) is 0 Å². The van der Waals surface area contributed by atoms with E-state index in [0.717, 1.165) is 0 Å². The van der Waals surface area contributed by atoms with Crippen LogP contribution in [0.25, 0.3) is 11.5 Å². The Hall–Kier alpha value is -2.04. The number of anilines is 1. The highest BCUT2D eigenvalue weighted by molar-refractivity contribution is 5.66. The Kier molecular flexibility index (Phi) is 1.85. The summed E-state index contributed by atoms with van der Waals surface area (Å²) in [5, 5.41) is 17.0. The Morgan fingerprint density at radius 1 is 1.36 bits per heavy atom. The quantitative estimate of drug-likeness (QED) is 0.524. The van der Waals surface area contributed by atoms with Crippen molar-refractivity contribution in [2.45, 2.75) is 6.92 Å². The third-order valence-corrected chi connectivity index (χ3v) is 1.78. The number of benzene rings is 1. The van der Waals surface area contributed by atoms with Gasteiger partial charge in [-0.05, 0) is 18.2 Å². The lowest BCUT2D eigenvalue weighted by atomic mass is 10.2. The molecular formula is C9H9N3O2. The molecule has 0 unspecified atom stereocenters. The van der Waals surface area contributed by atoms with Gasteiger partial charge in [-0.3, -0.25) is 0 Å². The Bertz CT molecular complexity index is 465. The summed E-state index contributed by atoms with van der Waals surface area (Å²) in [6.07, 6.45) is 0. The lowest BCUT2D eigenvalue weighted by Gasteiger charge is -2.00. The lowest BCUT2D eigenvalue weighted by molar-refractivity contribution is 0.471. The molecule has 5 heteroatoms. The van der Waals surface area contributed by atoms with E-state index in [0.29, 0.717) is 17.1 Å². The number of nitrogens with two attached hydrogens (primary N) is 1. The molecule has 0 aliphatic heterocycles. The molecule has 3 N–H and O–H groups in total. The van der Waals surface area contributed by atoms with Crippen LogP contribution in [0.15, 0.2) is 22.6 Å². The predicted octanol–water partition coefficient (Wildman–Crippen LogP) is 1.33. The van der Waals surface area contributed by atoms with Gasteiger partial charge < -0.3 is 15.3 Å².